The first-order chi connectivity index (χ1) is 25.8. The minimum Gasteiger partial charge on any atom is -0.493 e. The number of fused-ring (bicyclic) bond motifs is 1. The largest absolute Gasteiger partial charge is 0.493 e. The van der Waals surface area contributed by atoms with E-state index in [-0.39, 0.29) is 28.7 Å². The summed E-state index contributed by atoms with van der Waals surface area (Å²) < 4.78 is 46.5. The highest BCUT2D eigenvalue weighted by Gasteiger charge is 2.63. The molecule has 2 N–H and O–H groups in total. The second-order valence-electron chi connectivity index (χ2n) is 15.2. The van der Waals surface area contributed by atoms with Crippen molar-refractivity contribution in [3.05, 3.63) is 78.5 Å². The second kappa shape index (κ2) is 16.0. The molecule has 2 atom stereocenters. The number of halogens is 2. The van der Waals surface area contributed by atoms with Gasteiger partial charge in [-0.25, -0.2) is 8.78 Å². The van der Waals surface area contributed by atoms with Crippen molar-refractivity contribution in [3.8, 4) is 23.0 Å². The minimum absolute atomic E-state index is 0.0238. The number of carbonyl (C=O) groups excluding carboxylic acids is 3. The number of anilines is 2. The number of piperazine rings is 1. The fraction of sp³-hybridized carbons (Fsp3) is 0.415. The molecule has 1 aliphatic carbocycles. The van der Waals surface area contributed by atoms with Gasteiger partial charge in [0.1, 0.15) is 17.0 Å². The molecular weight excluding hydrogens is 696 g/mol. The molecule has 0 radical (unpaired) electrons. The van der Waals surface area contributed by atoms with Gasteiger partial charge in [0.2, 0.25) is 17.7 Å². The third kappa shape index (κ3) is 8.90. The first-order valence-electron chi connectivity index (χ1n) is 18.2. The Labute approximate surface area is 314 Å². The molecule has 0 spiro atoms. The summed E-state index contributed by atoms with van der Waals surface area (Å²) in [5, 5.41) is 5.93. The van der Waals surface area contributed by atoms with E-state index in [0.717, 1.165) is 45.2 Å². The van der Waals surface area contributed by atoms with Crippen molar-refractivity contribution < 1.29 is 37.4 Å². The van der Waals surface area contributed by atoms with Crippen LogP contribution in [0.1, 0.15) is 47.0 Å². The van der Waals surface area contributed by atoms with Gasteiger partial charge >= 0.3 is 0 Å². The Kier molecular flexibility index (Phi) is 11.4. The van der Waals surface area contributed by atoms with Crippen LogP contribution in [0.3, 0.4) is 0 Å². The molecule has 6 rings (SSSR count). The molecule has 54 heavy (non-hydrogen) atoms. The maximum Gasteiger partial charge on any atom is 0.240 e. The van der Waals surface area contributed by atoms with E-state index in [0.29, 0.717) is 53.3 Å². The monoisotopic (exact) mass is 743 g/mol. The SMILES string of the molecule is COc1cc2c(Oc3ccc(NC(=O)[C@]4(C(=O)Nc5ccc(F)cc5)C[C@H]4C)cc3F)ccnc2cc1OCCCN1CCN(C(=O)CC(C)(C)C)CC1. The Morgan fingerprint density at radius 2 is 1.54 bits per heavy atom. The van der Waals surface area contributed by atoms with Crippen molar-refractivity contribution >= 4 is 40.0 Å². The number of hydrogen-bond acceptors (Lipinski definition) is 8. The molecule has 2 fully saturated rings. The number of carbonyl (C=O) groups is 3. The van der Waals surface area contributed by atoms with Gasteiger partial charge in [-0.15, -0.1) is 0 Å². The van der Waals surface area contributed by atoms with Gasteiger partial charge in [-0.3, -0.25) is 24.3 Å². The zero-order valence-corrected chi connectivity index (χ0v) is 31.3. The van der Waals surface area contributed by atoms with E-state index >= 15 is 4.39 Å². The van der Waals surface area contributed by atoms with E-state index in [4.69, 9.17) is 14.2 Å². The minimum atomic E-state index is -1.33. The predicted octanol–water partition coefficient (Wildman–Crippen LogP) is 7.27. The normalized spacial score (nSPS) is 18.6. The summed E-state index contributed by atoms with van der Waals surface area (Å²) in [7, 11) is 1.54. The quantitative estimate of drug-likeness (QED) is 0.108. The standard InChI is InChI=1S/C41H47F2N5O6/c1-26-24-41(26,38(50)45-28-9-7-27(42)8-10-28)39(51)46-29-11-12-34(31(43)21-29)54-33-13-14-44-32-23-36(35(52-5)22-30(32)33)53-20-6-15-47-16-18-48(19-17-47)37(49)25-40(2,3)4/h7-14,21-23,26H,6,15-20,24-25H2,1-5H3,(H,45,50)(H,46,51)/t26-,41-/m1/s1. The maximum atomic E-state index is 15.4. The molecule has 3 aromatic carbocycles. The van der Waals surface area contributed by atoms with E-state index in [2.05, 4.69) is 41.3 Å². The highest BCUT2D eigenvalue weighted by molar-refractivity contribution is 6.17. The summed E-state index contributed by atoms with van der Waals surface area (Å²) in [4.78, 5) is 47.8. The third-order valence-electron chi connectivity index (χ3n) is 9.90. The lowest BCUT2D eigenvalue weighted by molar-refractivity contribution is -0.135. The van der Waals surface area contributed by atoms with Crippen LogP contribution in [0, 0.1) is 28.4 Å². The van der Waals surface area contributed by atoms with Gasteiger partial charge in [-0.1, -0.05) is 27.7 Å². The molecule has 11 nitrogen and oxygen atoms in total. The molecule has 0 bridgehead atoms. The van der Waals surface area contributed by atoms with Crippen LogP contribution >= 0.6 is 0 Å². The summed E-state index contributed by atoms with van der Waals surface area (Å²) in [5.74, 6) is -1.02. The first-order valence-corrected chi connectivity index (χ1v) is 18.2. The summed E-state index contributed by atoms with van der Waals surface area (Å²) in [6, 6.07) is 14.4. The highest BCUT2D eigenvalue weighted by atomic mass is 19.1. The van der Waals surface area contributed by atoms with Gasteiger partial charge in [0, 0.05) is 74.2 Å². The van der Waals surface area contributed by atoms with Gasteiger partial charge in [-0.05, 0) is 72.7 Å². The fourth-order valence-corrected chi connectivity index (χ4v) is 6.70. The Balaban J connectivity index is 1.04. The number of benzene rings is 3. The van der Waals surface area contributed by atoms with Crippen LogP contribution in [0.15, 0.2) is 66.9 Å². The number of amides is 3. The lowest BCUT2D eigenvalue weighted by atomic mass is 9.91. The number of ether oxygens (including phenoxy) is 3. The number of methoxy groups -OCH3 is 1. The molecule has 13 heteroatoms. The van der Waals surface area contributed by atoms with E-state index in [9.17, 15) is 18.8 Å². The Hall–Kier alpha value is -5.30. The van der Waals surface area contributed by atoms with Crippen LogP contribution in [0.25, 0.3) is 10.9 Å². The van der Waals surface area contributed by atoms with Gasteiger partial charge in [-0.2, -0.15) is 0 Å². The Morgan fingerprint density at radius 1 is 0.870 bits per heavy atom. The first kappa shape index (κ1) is 38.4. The van der Waals surface area contributed by atoms with Crippen LogP contribution in [0.2, 0.25) is 0 Å². The predicted molar refractivity (Wildman–Crippen MR) is 202 cm³/mol. The molecule has 1 saturated carbocycles. The zero-order chi connectivity index (χ0) is 38.6. The summed E-state index contributed by atoms with van der Waals surface area (Å²) in [6.45, 7) is 12.5. The van der Waals surface area contributed by atoms with Crippen molar-refractivity contribution in [1.29, 1.82) is 0 Å². The molecule has 0 unspecified atom stereocenters. The van der Waals surface area contributed by atoms with E-state index in [1.54, 1.807) is 31.3 Å². The van der Waals surface area contributed by atoms with E-state index in [1.807, 2.05) is 4.90 Å². The van der Waals surface area contributed by atoms with Gasteiger partial charge in [0.25, 0.3) is 0 Å². The van der Waals surface area contributed by atoms with Crippen molar-refractivity contribution in [2.45, 2.75) is 47.0 Å². The second-order valence-corrected chi connectivity index (χ2v) is 15.2. The van der Waals surface area contributed by atoms with Gasteiger partial charge in [0.05, 0.1) is 19.2 Å². The van der Waals surface area contributed by atoms with Crippen LogP contribution < -0.4 is 24.8 Å². The molecule has 1 aliphatic heterocycles. The molecule has 1 saturated heterocycles. The number of nitrogens with one attached hydrogen (secondary N) is 2. The average Bonchev–Trinajstić information content (AvgIpc) is 3.83. The zero-order valence-electron chi connectivity index (χ0n) is 31.3. The van der Waals surface area contributed by atoms with Crippen molar-refractivity contribution in [2.75, 3.05) is 57.1 Å². The average molecular weight is 744 g/mol. The van der Waals surface area contributed by atoms with Crippen molar-refractivity contribution in [1.82, 2.24) is 14.8 Å². The molecule has 4 aromatic rings. The van der Waals surface area contributed by atoms with E-state index in [1.165, 1.54) is 43.5 Å². The molecule has 286 valence electrons. The number of pyridine rings is 1. The highest BCUT2D eigenvalue weighted by Crippen LogP contribution is 2.54. The van der Waals surface area contributed by atoms with Crippen molar-refractivity contribution in [3.63, 3.8) is 0 Å². The third-order valence-corrected chi connectivity index (χ3v) is 9.90. The lowest BCUT2D eigenvalue weighted by Gasteiger charge is -2.36. The summed E-state index contributed by atoms with van der Waals surface area (Å²) >= 11 is 0. The van der Waals surface area contributed by atoms with Crippen LogP contribution in [0.5, 0.6) is 23.0 Å². The van der Waals surface area contributed by atoms with Gasteiger partial charge in [0.15, 0.2) is 23.1 Å². The van der Waals surface area contributed by atoms with Crippen LogP contribution in [-0.4, -0.2) is 78.9 Å². The van der Waals surface area contributed by atoms with Crippen LogP contribution in [-0.2, 0) is 14.4 Å². The molecule has 2 heterocycles. The molecule has 3 amide bonds. The van der Waals surface area contributed by atoms with Gasteiger partial charge < -0.3 is 29.7 Å². The number of aromatic nitrogens is 1. The molecular formula is C41H47F2N5O6. The van der Waals surface area contributed by atoms with Crippen molar-refractivity contribution in [2.24, 2.45) is 16.7 Å². The Bertz CT molecular complexity index is 2010. The molecule has 1 aromatic heterocycles. The maximum absolute atomic E-state index is 15.4. The van der Waals surface area contributed by atoms with Crippen LogP contribution in [0.4, 0.5) is 20.2 Å². The molecule has 2 aliphatic rings. The van der Waals surface area contributed by atoms with E-state index < -0.39 is 28.9 Å². The summed E-state index contributed by atoms with van der Waals surface area (Å²) in [5.41, 5.74) is -0.263. The summed E-state index contributed by atoms with van der Waals surface area (Å²) in [6.07, 6.45) is 3.21. The fourth-order valence-electron chi connectivity index (χ4n) is 6.70. The number of nitrogens with zero attached hydrogens (tertiary/aromatic N) is 3. The Morgan fingerprint density at radius 3 is 2.17 bits per heavy atom. The lowest BCUT2D eigenvalue weighted by Crippen LogP contribution is -2.49. The topological polar surface area (TPSA) is 122 Å². The number of rotatable bonds is 13. The number of hydrogen-bond donors (Lipinski definition) is 2. The smallest absolute Gasteiger partial charge is 0.240 e.